The van der Waals surface area contributed by atoms with Gasteiger partial charge in [-0.3, -0.25) is 4.79 Å². The summed E-state index contributed by atoms with van der Waals surface area (Å²) in [6.07, 6.45) is 5.61. The van der Waals surface area contributed by atoms with Gasteiger partial charge in [-0.2, -0.15) is 0 Å². The molecule has 1 rings (SSSR count). The van der Waals surface area contributed by atoms with Crippen LogP contribution in [-0.4, -0.2) is 12.5 Å². The van der Waals surface area contributed by atoms with E-state index in [1.807, 2.05) is 0 Å². The average Bonchev–Trinajstić information content (AvgIpc) is 2.17. The Hall–Kier alpha value is -0.920. The molecule has 0 heterocycles. The maximum Gasteiger partial charge on any atom is 0.252 e. The molecule has 0 aliphatic heterocycles. The molecular weight excluding hydrogens is 274 g/mol. The molecule has 2 nitrogen and oxygen atoms in total. The Morgan fingerprint density at radius 1 is 1.60 bits per heavy atom. The number of benzene rings is 1. The molecule has 0 atom stereocenters. The summed E-state index contributed by atoms with van der Waals surface area (Å²) in [5.41, 5.74) is 0.554. The number of terminal acetylenes is 1. The average molecular weight is 284 g/mol. The number of carbonyl (C=O) groups excluding carboxylic acids is 1. The summed E-state index contributed by atoms with van der Waals surface area (Å²) in [7, 11) is 0. The lowest BCUT2D eigenvalue weighted by atomic mass is 10.2. The van der Waals surface area contributed by atoms with Crippen molar-refractivity contribution in [3.8, 4) is 12.3 Å². The quantitative estimate of drug-likeness (QED) is 0.498. The molecule has 0 aromatic heterocycles. The maximum atomic E-state index is 11.6. The van der Waals surface area contributed by atoms with Crippen molar-refractivity contribution < 1.29 is 4.79 Å². The number of rotatable bonds is 3. The third-order valence-corrected chi connectivity index (χ3v) is 2.62. The van der Waals surface area contributed by atoms with Crippen LogP contribution in [0.25, 0.3) is 0 Å². The first-order valence-electron chi connectivity index (χ1n) is 4.35. The van der Waals surface area contributed by atoms with Crippen molar-refractivity contribution in [1.82, 2.24) is 5.32 Å². The second-order valence-corrected chi connectivity index (χ2v) is 4.27. The van der Waals surface area contributed by atoms with Gasteiger partial charge < -0.3 is 5.32 Å². The van der Waals surface area contributed by atoms with Crippen LogP contribution in [-0.2, 0) is 0 Å². The van der Waals surface area contributed by atoms with Crippen molar-refractivity contribution in [2.24, 2.45) is 0 Å². The monoisotopic (exact) mass is 283 g/mol. The molecule has 4 heteroatoms. The molecule has 0 aliphatic rings. The molecule has 1 aromatic rings. The molecule has 0 saturated heterocycles. The largest absolute Gasteiger partial charge is 0.351 e. The summed E-state index contributed by atoms with van der Waals surface area (Å²) in [5.74, 6) is 2.31. The highest BCUT2D eigenvalue weighted by atomic mass is 79.9. The van der Waals surface area contributed by atoms with Crippen LogP contribution >= 0.6 is 28.6 Å². The van der Waals surface area contributed by atoms with E-state index in [-0.39, 0.29) is 5.91 Å². The van der Waals surface area contributed by atoms with E-state index >= 15 is 0 Å². The van der Waals surface area contributed by atoms with Crippen LogP contribution in [0.5, 0.6) is 0 Å². The fraction of sp³-hybridized carbons (Fsp3) is 0.182. The van der Waals surface area contributed by atoms with E-state index in [0.717, 1.165) is 4.47 Å². The fourth-order valence-corrected chi connectivity index (χ4v) is 1.89. The van der Waals surface area contributed by atoms with Gasteiger partial charge in [0, 0.05) is 22.3 Å². The highest BCUT2D eigenvalue weighted by Gasteiger charge is 2.08. The molecule has 0 fully saturated rings. The minimum Gasteiger partial charge on any atom is -0.351 e. The standard InChI is InChI=1S/C11H10BrNOS/c1-2-3-6-13-11(14)9-5-4-8(12)7-10(9)15/h1,4-5,7,15H,3,6H2,(H,13,14). The predicted molar refractivity (Wildman–Crippen MR) is 67.2 cm³/mol. The maximum absolute atomic E-state index is 11.6. The first kappa shape index (κ1) is 12.2. The smallest absolute Gasteiger partial charge is 0.252 e. The van der Waals surface area contributed by atoms with E-state index in [1.54, 1.807) is 18.2 Å². The number of hydrogen-bond acceptors (Lipinski definition) is 2. The van der Waals surface area contributed by atoms with Crippen LogP contribution < -0.4 is 5.32 Å². The Balaban J connectivity index is 2.70. The van der Waals surface area contributed by atoms with Gasteiger partial charge in [0.2, 0.25) is 0 Å². The minimum absolute atomic E-state index is 0.150. The summed E-state index contributed by atoms with van der Waals surface area (Å²) in [4.78, 5) is 12.2. The summed E-state index contributed by atoms with van der Waals surface area (Å²) in [6.45, 7) is 0.485. The fourth-order valence-electron chi connectivity index (χ4n) is 1.04. The second-order valence-electron chi connectivity index (χ2n) is 2.87. The third-order valence-electron chi connectivity index (χ3n) is 1.76. The Morgan fingerprint density at radius 3 is 2.93 bits per heavy atom. The first-order valence-corrected chi connectivity index (χ1v) is 5.59. The van der Waals surface area contributed by atoms with Gasteiger partial charge in [-0.25, -0.2) is 0 Å². The lowest BCUT2D eigenvalue weighted by molar-refractivity contribution is 0.0951. The highest BCUT2D eigenvalue weighted by Crippen LogP contribution is 2.19. The summed E-state index contributed by atoms with van der Waals surface area (Å²) in [6, 6.07) is 5.30. The van der Waals surface area contributed by atoms with E-state index in [4.69, 9.17) is 6.42 Å². The molecule has 0 saturated carbocycles. The number of thiol groups is 1. The van der Waals surface area contributed by atoms with Crippen LogP contribution in [0.3, 0.4) is 0 Å². The molecule has 0 spiro atoms. The van der Waals surface area contributed by atoms with Gasteiger partial charge in [0.15, 0.2) is 0 Å². The van der Waals surface area contributed by atoms with Gasteiger partial charge >= 0.3 is 0 Å². The zero-order valence-corrected chi connectivity index (χ0v) is 10.4. The number of nitrogens with one attached hydrogen (secondary N) is 1. The molecule has 1 N–H and O–H groups in total. The lowest BCUT2D eigenvalue weighted by Crippen LogP contribution is -2.24. The molecule has 1 amide bonds. The molecule has 1 aromatic carbocycles. The molecule has 0 aliphatic carbocycles. The minimum atomic E-state index is -0.150. The number of halogens is 1. The van der Waals surface area contributed by atoms with E-state index in [0.29, 0.717) is 23.4 Å². The van der Waals surface area contributed by atoms with Gasteiger partial charge in [0.25, 0.3) is 5.91 Å². The predicted octanol–water partition coefficient (Wildman–Crippen LogP) is 2.49. The van der Waals surface area contributed by atoms with E-state index in [2.05, 4.69) is 39.8 Å². The zero-order chi connectivity index (χ0) is 11.3. The van der Waals surface area contributed by atoms with Crippen molar-refractivity contribution in [1.29, 1.82) is 0 Å². The molecule has 15 heavy (non-hydrogen) atoms. The van der Waals surface area contributed by atoms with Crippen molar-refractivity contribution in [3.63, 3.8) is 0 Å². The molecule has 0 radical (unpaired) electrons. The number of amides is 1. The van der Waals surface area contributed by atoms with Crippen LogP contribution in [0.1, 0.15) is 16.8 Å². The Kier molecular flexibility index (Phi) is 4.73. The molecule has 0 bridgehead atoms. The van der Waals surface area contributed by atoms with E-state index in [1.165, 1.54) is 0 Å². The van der Waals surface area contributed by atoms with Crippen molar-refractivity contribution in [3.05, 3.63) is 28.2 Å². The van der Waals surface area contributed by atoms with Gasteiger partial charge in [0.05, 0.1) is 5.56 Å². The third kappa shape index (κ3) is 3.61. The van der Waals surface area contributed by atoms with Gasteiger partial charge in [-0.05, 0) is 18.2 Å². The van der Waals surface area contributed by atoms with Crippen molar-refractivity contribution in [2.45, 2.75) is 11.3 Å². The molecule has 0 unspecified atom stereocenters. The SMILES string of the molecule is C#CCCNC(=O)c1ccc(Br)cc1S. The highest BCUT2D eigenvalue weighted by molar-refractivity contribution is 9.10. The summed E-state index contributed by atoms with van der Waals surface area (Å²) >= 11 is 7.52. The number of carbonyl (C=O) groups is 1. The lowest BCUT2D eigenvalue weighted by Gasteiger charge is -2.05. The van der Waals surface area contributed by atoms with Gasteiger partial charge in [0.1, 0.15) is 0 Å². The second kappa shape index (κ2) is 5.84. The van der Waals surface area contributed by atoms with Crippen LogP contribution in [0.2, 0.25) is 0 Å². The first-order chi connectivity index (χ1) is 7.15. The topological polar surface area (TPSA) is 29.1 Å². The zero-order valence-electron chi connectivity index (χ0n) is 7.96. The van der Waals surface area contributed by atoms with Crippen LogP contribution in [0.15, 0.2) is 27.6 Å². The number of hydrogen-bond donors (Lipinski definition) is 2. The molecule has 78 valence electrons. The Morgan fingerprint density at radius 2 is 2.33 bits per heavy atom. The van der Waals surface area contributed by atoms with Crippen molar-refractivity contribution >= 4 is 34.5 Å². The van der Waals surface area contributed by atoms with E-state index in [9.17, 15) is 4.79 Å². The Bertz CT molecular complexity index is 412. The van der Waals surface area contributed by atoms with E-state index < -0.39 is 0 Å². The summed E-state index contributed by atoms with van der Waals surface area (Å²) in [5, 5.41) is 2.71. The summed E-state index contributed by atoms with van der Waals surface area (Å²) < 4.78 is 0.896. The Labute approximate surface area is 103 Å². The van der Waals surface area contributed by atoms with Crippen LogP contribution in [0.4, 0.5) is 0 Å². The molecular formula is C11H10BrNOS. The van der Waals surface area contributed by atoms with Crippen LogP contribution in [0, 0.1) is 12.3 Å². The van der Waals surface area contributed by atoms with Gasteiger partial charge in [-0.1, -0.05) is 15.9 Å². The van der Waals surface area contributed by atoms with Gasteiger partial charge in [-0.15, -0.1) is 25.0 Å². The van der Waals surface area contributed by atoms with Crippen molar-refractivity contribution in [2.75, 3.05) is 6.54 Å². The normalized spacial score (nSPS) is 9.40.